The average Bonchev–Trinajstić information content (AvgIpc) is 3.35. The summed E-state index contributed by atoms with van der Waals surface area (Å²) in [5, 5.41) is 14.6. The van der Waals surface area contributed by atoms with Gasteiger partial charge in [0.05, 0.1) is 21.3 Å². The van der Waals surface area contributed by atoms with Crippen LogP contribution in [0.5, 0.6) is 0 Å². The van der Waals surface area contributed by atoms with Gasteiger partial charge in [-0.15, -0.1) is 22.7 Å². The molecule has 3 aromatic rings. The van der Waals surface area contributed by atoms with Crippen molar-refractivity contribution in [1.82, 2.24) is 19.9 Å². The lowest BCUT2D eigenvalue weighted by Gasteiger charge is -2.32. The standard InChI is InChI=1S/C14H14N4S2.C8H14N2O/c1-8-4-5-12(15-6-8)18-14-17-11(7-19-14)13-9(2)16-10(3)20-13;1-2-8-5-7(9)3-4-10(8)6-11/h4-7H,1-3H3,(H,15,17,18);6,8-9H,2-5H2,1H3/t;8-/m.0/s1. The van der Waals surface area contributed by atoms with Gasteiger partial charge in [-0.05, 0) is 38.8 Å². The molecule has 1 aliphatic heterocycles. The molecule has 2 N–H and O–H groups in total. The van der Waals surface area contributed by atoms with Crippen molar-refractivity contribution in [3.8, 4) is 10.6 Å². The number of aromatic nitrogens is 3. The zero-order chi connectivity index (χ0) is 22.4. The highest BCUT2D eigenvalue weighted by Gasteiger charge is 2.21. The maximum absolute atomic E-state index is 10.5. The van der Waals surface area contributed by atoms with Crippen LogP contribution in [0.25, 0.3) is 10.6 Å². The monoisotopic (exact) mass is 456 g/mol. The van der Waals surface area contributed by atoms with E-state index < -0.39 is 0 Å². The van der Waals surface area contributed by atoms with E-state index in [1.165, 1.54) is 0 Å². The van der Waals surface area contributed by atoms with Gasteiger partial charge in [-0.1, -0.05) is 13.0 Å². The molecule has 0 aromatic carbocycles. The van der Waals surface area contributed by atoms with Crippen molar-refractivity contribution < 1.29 is 4.79 Å². The van der Waals surface area contributed by atoms with Crippen LogP contribution in [0, 0.1) is 26.2 Å². The molecule has 1 saturated heterocycles. The lowest BCUT2D eigenvalue weighted by Crippen LogP contribution is -2.41. The Morgan fingerprint density at radius 2 is 2.10 bits per heavy atom. The van der Waals surface area contributed by atoms with E-state index in [1.54, 1.807) is 27.6 Å². The lowest BCUT2D eigenvalue weighted by molar-refractivity contribution is -0.120. The fourth-order valence-electron chi connectivity index (χ4n) is 3.32. The first-order valence-corrected chi connectivity index (χ1v) is 12.0. The van der Waals surface area contributed by atoms with Crippen molar-refractivity contribution >= 4 is 45.7 Å². The molecule has 4 heterocycles. The number of anilines is 2. The Morgan fingerprint density at radius 1 is 1.29 bits per heavy atom. The molecule has 1 fully saturated rings. The van der Waals surface area contributed by atoms with Gasteiger partial charge in [0.1, 0.15) is 5.82 Å². The van der Waals surface area contributed by atoms with Crippen LogP contribution in [0.3, 0.4) is 0 Å². The smallest absolute Gasteiger partial charge is 0.209 e. The molecule has 0 spiro atoms. The number of likely N-dealkylation sites (tertiary alicyclic amines) is 1. The molecule has 164 valence electrons. The van der Waals surface area contributed by atoms with Crippen molar-refractivity contribution in [3.63, 3.8) is 0 Å². The molecular weight excluding hydrogens is 428 g/mol. The van der Waals surface area contributed by atoms with Crippen LogP contribution in [0.1, 0.15) is 42.5 Å². The number of piperidine rings is 1. The van der Waals surface area contributed by atoms with Crippen LogP contribution in [-0.2, 0) is 4.79 Å². The Kier molecular flexibility index (Phi) is 7.86. The molecule has 0 unspecified atom stereocenters. The fraction of sp³-hybridized carbons (Fsp3) is 0.409. The van der Waals surface area contributed by atoms with Crippen molar-refractivity contribution in [2.24, 2.45) is 0 Å². The Labute approximate surface area is 191 Å². The van der Waals surface area contributed by atoms with Gasteiger partial charge in [-0.25, -0.2) is 15.0 Å². The summed E-state index contributed by atoms with van der Waals surface area (Å²) in [7, 11) is 0. The number of rotatable bonds is 5. The van der Waals surface area contributed by atoms with E-state index in [0.717, 1.165) is 75.7 Å². The third-order valence-corrected chi connectivity index (χ3v) is 6.87. The van der Waals surface area contributed by atoms with Crippen molar-refractivity contribution in [2.45, 2.75) is 53.0 Å². The quantitative estimate of drug-likeness (QED) is 0.504. The minimum absolute atomic E-state index is 0.286. The molecule has 1 amide bonds. The predicted octanol–water partition coefficient (Wildman–Crippen LogP) is 5.37. The number of carbonyl (C=O) groups is 1. The summed E-state index contributed by atoms with van der Waals surface area (Å²) in [6.45, 7) is 8.85. The highest BCUT2D eigenvalue weighted by Crippen LogP contribution is 2.32. The lowest BCUT2D eigenvalue weighted by atomic mass is 9.99. The second-order valence-electron chi connectivity index (χ2n) is 7.49. The Bertz CT molecular complexity index is 1030. The highest BCUT2D eigenvalue weighted by molar-refractivity contribution is 7.16. The molecule has 0 bridgehead atoms. The van der Waals surface area contributed by atoms with Gasteiger partial charge >= 0.3 is 0 Å². The van der Waals surface area contributed by atoms with E-state index in [2.05, 4.69) is 32.6 Å². The molecule has 3 aromatic heterocycles. The molecule has 9 heteroatoms. The van der Waals surface area contributed by atoms with Crippen molar-refractivity contribution in [2.75, 3.05) is 11.9 Å². The molecule has 4 rings (SSSR count). The van der Waals surface area contributed by atoms with E-state index in [0.29, 0.717) is 0 Å². The summed E-state index contributed by atoms with van der Waals surface area (Å²) in [4.78, 5) is 26.8. The molecule has 0 radical (unpaired) electrons. The second kappa shape index (κ2) is 10.6. The highest BCUT2D eigenvalue weighted by atomic mass is 32.1. The summed E-state index contributed by atoms with van der Waals surface area (Å²) < 4.78 is 0. The number of hydrogen-bond donors (Lipinski definition) is 2. The van der Waals surface area contributed by atoms with Crippen LogP contribution < -0.4 is 5.32 Å². The van der Waals surface area contributed by atoms with Crippen LogP contribution in [0.4, 0.5) is 10.9 Å². The summed E-state index contributed by atoms with van der Waals surface area (Å²) in [6, 6.07) is 4.27. The minimum atomic E-state index is 0.286. The maximum atomic E-state index is 10.5. The van der Waals surface area contributed by atoms with Gasteiger partial charge in [-0.3, -0.25) is 4.79 Å². The van der Waals surface area contributed by atoms with Crippen molar-refractivity contribution in [1.29, 1.82) is 5.41 Å². The molecule has 1 aliphatic rings. The number of carbonyl (C=O) groups excluding carboxylic acids is 1. The van der Waals surface area contributed by atoms with E-state index in [4.69, 9.17) is 5.41 Å². The molecule has 7 nitrogen and oxygen atoms in total. The Morgan fingerprint density at radius 3 is 2.71 bits per heavy atom. The predicted molar refractivity (Wildman–Crippen MR) is 129 cm³/mol. The summed E-state index contributed by atoms with van der Waals surface area (Å²) in [6.07, 6.45) is 5.24. The van der Waals surface area contributed by atoms with E-state index >= 15 is 0 Å². The number of thiazole rings is 2. The summed E-state index contributed by atoms with van der Waals surface area (Å²) in [5.41, 5.74) is 3.95. The van der Waals surface area contributed by atoms with E-state index in [1.807, 2.05) is 39.1 Å². The van der Waals surface area contributed by atoms with Crippen LogP contribution >= 0.6 is 22.7 Å². The molecular formula is C22H28N6OS2. The topological polar surface area (TPSA) is 94.9 Å². The fourth-order valence-corrected chi connectivity index (χ4v) is 4.99. The number of pyridine rings is 1. The van der Waals surface area contributed by atoms with Gasteiger partial charge < -0.3 is 15.6 Å². The third kappa shape index (κ3) is 6.18. The first-order valence-electron chi connectivity index (χ1n) is 10.3. The molecule has 0 aliphatic carbocycles. The SMILES string of the molecule is CC[C@H]1CC(=N)CCN1C=O.Cc1ccc(Nc2nc(-c3sc(C)nc3C)cs2)nc1. The molecule has 1 atom stereocenters. The Hall–Kier alpha value is -2.65. The zero-order valence-corrected chi connectivity index (χ0v) is 19.9. The largest absolute Gasteiger partial charge is 0.342 e. The summed E-state index contributed by atoms with van der Waals surface area (Å²) >= 11 is 3.26. The van der Waals surface area contributed by atoms with Crippen LogP contribution in [0.2, 0.25) is 0 Å². The number of hydrogen-bond acceptors (Lipinski definition) is 8. The number of nitrogens with zero attached hydrogens (tertiary/aromatic N) is 4. The number of nitrogens with one attached hydrogen (secondary N) is 2. The normalized spacial score (nSPS) is 15.9. The first kappa shape index (κ1) is 23.0. The third-order valence-electron chi connectivity index (χ3n) is 5.02. The van der Waals surface area contributed by atoms with Gasteiger partial charge in [-0.2, -0.15) is 0 Å². The Balaban J connectivity index is 0.000000210. The summed E-state index contributed by atoms with van der Waals surface area (Å²) in [5.74, 6) is 0.814. The number of aryl methyl sites for hydroxylation is 3. The van der Waals surface area contributed by atoms with Crippen LogP contribution in [-0.4, -0.2) is 44.6 Å². The van der Waals surface area contributed by atoms with Gasteiger partial charge in [0, 0.05) is 42.7 Å². The van der Waals surface area contributed by atoms with E-state index in [9.17, 15) is 4.79 Å². The number of amides is 1. The van der Waals surface area contributed by atoms with Crippen molar-refractivity contribution in [3.05, 3.63) is 40.0 Å². The maximum Gasteiger partial charge on any atom is 0.209 e. The zero-order valence-electron chi connectivity index (χ0n) is 18.3. The van der Waals surface area contributed by atoms with Gasteiger partial charge in [0.15, 0.2) is 5.13 Å². The van der Waals surface area contributed by atoms with E-state index in [-0.39, 0.29) is 6.04 Å². The average molecular weight is 457 g/mol. The van der Waals surface area contributed by atoms with Gasteiger partial charge in [0.25, 0.3) is 0 Å². The molecule has 31 heavy (non-hydrogen) atoms. The van der Waals surface area contributed by atoms with Crippen LogP contribution in [0.15, 0.2) is 23.7 Å². The minimum Gasteiger partial charge on any atom is -0.342 e. The second-order valence-corrected chi connectivity index (χ2v) is 9.56. The van der Waals surface area contributed by atoms with Gasteiger partial charge in [0.2, 0.25) is 6.41 Å². The first-order chi connectivity index (χ1) is 14.9. The molecule has 0 saturated carbocycles.